The van der Waals surface area contributed by atoms with Gasteiger partial charge in [0.1, 0.15) is 5.60 Å². The highest BCUT2D eigenvalue weighted by Crippen LogP contribution is 2.46. The summed E-state index contributed by atoms with van der Waals surface area (Å²) < 4.78 is 6.16. The first-order chi connectivity index (χ1) is 11.7. The molecule has 1 saturated heterocycles. The fraction of sp³-hybridized carbons (Fsp3) is 0.381. The normalized spacial score (nSPS) is 24.5. The van der Waals surface area contributed by atoms with Gasteiger partial charge in [-0.15, -0.1) is 0 Å². The van der Waals surface area contributed by atoms with Crippen LogP contribution >= 0.6 is 0 Å². The summed E-state index contributed by atoms with van der Waals surface area (Å²) in [5.74, 6) is -0.0142. The molecule has 1 aliphatic rings. The average Bonchev–Trinajstić information content (AvgIpc) is 2.64. The van der Waals surface area contributed by atoms with Crippen molar-refractivity contribution in [3.8, 4) is 0 Å². The van der Waals surface area contributed by atoms with E-state index in [2.05, 4.69) is 48.3 Å². The van der Waals surface area contributed by atoms with Crippen LogP contribution in [0.2, 0.25) is 0 Å². The van der Waals surface area contributed by atoms with Crippen LogP contribution in [0.4, 0.5) is 0 Å². The van der Waals surface area contributed by atoms with Gasteiger partial charge in [0.15, 0.2) is 0 Å². The molecular weight excluding hydrogens is 298 g/mol. The van der Waals surface area contributed by atoms with Gasteiger partial charge in [-0.25, -0.2) is 0 Å². The number of piperidine rings is 1. The highest BCUT2D eigenvalue weighted by atomic mass is 16.6. The number of rotatable bonds is 4. The summed E-state index contributed by atoms with van der Waals surface area (Å²) in [6.45, 7) is 3.64. The third kappa shape index (κ3) is 3.22. The molecule has 0 N–H and O–H groups in total. The van der Waals surface area contributed by atoms with Crippen LogP contribution in [-0.4, -0.2) is 31.0 Å². The average molecular weight is 323 g/mol. The van der Waals surface area contributed by atoms with E-state index in [4.69, 9.17) is 4.74 Å². The third-order valence-electron chi connectivity index (χ3n) is 4.97. The molecule has 126 valence electrons. The Morgan fingerprint density at radius 2 is 1.75 bits per heavy atom. The summed E-state index contributed by atoms with van der Waals surface area (Å²) in [7, 11) is 2.13. The topological polar surface area (TPSA) is 29.5 Å². The van der Waals surface area contributed by atoms with Crippen LogP contribution in [0.1, 0.15) is 36.8 Å². The summed E-state index contributed by atoms with van der Waals surface area (Å²) in [6, 6.07) is 20.7. The van der Waals surface area contributed by atoms with Crippen molar-refractivity contribution in [1.82, 2.24) is 4.90 Å². The largest absolute Gasteiger partial charge is 0.453 e. The minimum Gasteiger partial charge on any atom is -0.453 e. The molecule has 1 heterocycles. The van der Waals surface area contributed by atoms with Crippen molar-refractivity contribution in [1.29, 1.82) is 0 Å². The molecule has 0 aliphatic carbocycles. The fourth-order valence-corrected chi connectivity index (χ4v) is 3.66. The number of hydrogen-bond acceptors (Lipinski definition) is 3. The molecule has 0 radical (unpaired) electrons. The molecule has 2 aromatic rings. The molecule has 1 fully saturated rings. The second kappa shape index (κ2) is 7.18. The number of esters is 1. The van der Waals surface area contributed by atoms with E-state index in [-0.39, 0.29) is 11.9 Å². The van der Waals surface area contributed by atoms with Gasteiger partial charge in [0.25, 0.3) is 0 Å². The van der Waals surface area contributed by atoms with Gasteiger partial charge in [-0.3, -0.25) is 4.79 Å². The van der Waals surface area contributed by atoms with E-state index < -0.39 is 5.60 Å². The molecule has 0 aromatic heterocycles. The summed E-state index contributed by atoms with van der Waals surface area (Å²) in [6.07, 6.45) is 1.20. The van der Waals surface area contributed by atoms with Crippen LogP contribution < -0.4 is 0 Å². The number of benzene rings is 2. The predicted octanol–water partition coefficient (Wildman–Crippen LogP) is 3.95. The Morgan fingerprint density at radius 1 is 1.12 bits per heavy atom. The Morgan fingerprint density at radius 3 is 2.38 bits per heavy atom. The number of hydrogen-bond donors (Lipinski definition) is 0. The molecule has 0 amide bonds. The minimum absolute atomic E-state index is 0.121. The van der Waals surface area contributed by atoms with Crippen molar-refractivity contribution in [2.45, 2.75) is 31.3 Å². The van der Waals surface area contributed by atoms with E-state index in [9.17, 15) is 4.79 Å². The summed E-state index contributed by atoms with van der Waals surface area (Å²) in [5.41, 5.74) is 1.72. The zero-order valence-electron chi connectivity index (χ0n) is 14.4. The second-order valence-electron chi connectivity index (χ2n) is 6.56. The first-order valence-corrected chi connectivity index (χ1v) is 8.66. The number of likely N-dealkylation sites (tertiary alicyclic amines) is 1. The van der Waals surface area contributed by atoms with Crippen LogP contribution in [0.15, 0.2) is 60.7 Å². The van der Waals surface area contributed by atoms with Crippen molar-refractivity contribution in [2.75, 3.05) is 20.1 Å². The molecule has 0 saturated carbocycles. The SMILES string of the molecule is CCC(=O)OC1(c2ccccc2)CCN(C)CC1c1ccccc1. The van der Waals surface area contributed by atoms with Gasteiger partial charge in [0.05, 0.1) is 0 Å². The lowest BCUT2D eigenvalue weighted by Crippen LogP contribution is -2.49. The van der Waals surface area contributed by atoms with E-state index in [0.717, 1.165) is 25.1 Å². The predicted molar refractivity (Wildman–Crippen MR) is 95.8 cm³/mol. The first kappa shape index (κ1) is 16.7. The number of likely N-dealkylation sites (N-methyl/N-ethyl adjacent to an activating group) is 1. The molecular formula is C21H25NO2. The van der Waals surface area contributed by atoms with Crippen molar-refractivity contribution in [3.05, 3.63) is 71.8 Å². The molecule has 3 nitrogen and oxygen atoms in total. The van der Waals surface area contributed by atoms with Crippen LogP contribution in [0, 0.1) is 0 Å². The van der Waals surface area contributed by atoms with Crippen LogP contribution in [0.5, 0.6) is 0 Å². The van der Waals surface area contributed by atoms with E-state index in [1.165, 1.54) is 5.56 Å². The van der Waals surface area contributed by atoms with Gasteiger partial charge >= 0.3 is 5.97 Å². The zero-order valence-corrected chi connectivity index (χ0v) is 14.4. The monoisotopic (exact) mass is 323 g/mol. The summed E-state index contributed by atoms with van der Waals surface area (Å²) in [4.78, 5) is 14.6. The summed E-state index contributed by atoms with van der Waals surface area (Å²) >= 11 is 0. The lowest BCUT2D eigenvalue weighted by molar-refractivity contribution is -0.169. The van der Waals surface area contributed by atoms with Gasteiger partial charge < -0.3 is 9.64 Å². The molecule has 0 bridgehead atoms. The van der Waals surface area contributed by atoms with E-state index >= 15 is 0 Å². The van der Waals surface area contributed by atoms with E-state index in [0.29, 0.717) is 6.42 Å². The molecule has 1 aliphatic heterocycles. The van der Waals surface area contributed by atoms with Crippen LogP contribution in [0.3, 0.4) is 0 Å². The molecule has 0 spiro atoms. The Labute approximate surface area is 144 Å². The van der Waals surface area contributed by atoms with Crippen LogP contribution in [-0.2, 0) is 15.1 Å². The van der Waals surface area contributed by atoms with Gasteiger partial charge in [-0.2, -0.15) is 0 Å². The number of ether oxygens (including phenoxy) is 1. The Bertz CT molecular complexity index is 671. The third-order valence-corrected chi connectivity index (χ3v) is 4.97. The number of carbonyl (C=O) groups excluding carboxylic acids is 1. The Balaban J connectivity index is 2.11. The maximum atomic E-state index is 12.3. The van der Waals surface area contributed by atoms with Gasteiger partial charge in [-0.05, 0) is 18.2 Å². The Hall–Kier alpha value is -2.13. The van der Waals surface area contributed by atoms with Gasteiger partial charge in [-0.1, -0.05) is 67.6 Å². The van der Waals surface area contributed by atoms with Gasteiger partial charge in [0, 0.05) is 31.8 Å². The second-order valence-corrected chi connectivity index (χ2v) is 6.56. The van der Waals surface area contributed by atoms with Crippen molar-refractivity contribution in [3.63, 3.8) is 0 Å². The lowest BCUT2D eigenvalue weighted by atomic mass is 9.72. The highest BCUT2D eigenvalue weighted by molar-refractivity contribution is 5.70. The molecule has 2 atom stereocenters. The van der Waals surface area contributed by atoms with Gasteiger partial charge in [0.2, 0.25) is 0 Å². The van der Waals surface area contributed by atoms with Crippen molar-refractivity contribution >= 4 is 5.97 Å². The standard InChI is InChI=1S/C21H25NO2/c1-3-20(23)24-21(18-12-8-5-9-13-18)14-15-22(2)16-19(21)17-10-6-4-7-11-17/h4-13,19H,3,14-16H2,1-2H3. The smallest absolute Gasteiger partial charge is 0.306 e. The van der Waals surface area contributed by atoms with Crippen LogP contribution in [0.25, 0.3) is 0 Å². The number of carbonyl (C=O) groups is 1. The quantitative estimate of drug-likeness (QED) is 0.798. The molecule has 2 unspecified atom stereocenters. The maximum absolute atomic E-state index is 12.3. The number of nitrogens with zero attached hydrogens (tertiary/aromatic N) is 1. The fourth-order valence-electron chi connectivity index (χ4n) is 3.66. The summed E-state index contributed by atoms with van der Waals surface area (Å²) in [5, 5.41) is 0. The molecule has 3 rings (SSSR count). The molecule has 24 heavy (non-hydrogen) atoms. The zero-order chi connectivity index (χ0) is 17.0. The van der Waals surface area contributed by atoms with Crippen molar-refractivity contribution in [2.24, 2.45) is 0 Å². The highest BCUT2D eigenvalue weighted by Gasteiger charge is 2.47. The van der Waals surface area contributed by atoms with E-state index in [1.807, 2.05) is 31.2 Å². The molecule has 3 heteroatoms. The molecule has 2 aromatic carbocycles. The lowest BCUT2D eigenvalue weighted by Gasteiger charge is -2.47. The Kier molecular flexibility index (Phi) is 5.00. The maximum Gasteiger partial charge on any atom is 0.306 e. The van der Waals surface area contributed by atoms with Crippen molar-refractivity contribution < 1.29 is 9.53 Å². The minimum atomic E-state index is -0.595. The first-order valence-electron chi connectivity index (χ1n) is 8.66. The van der Waals surface area contributed by atoms with E-state index in [1.54, 1.807) is 0 Å².